The highest BCUT2D eigenvalue weighted by atomic mass is 35.5. The van der Waals surface area contributed by atoms with Gasteiger partial charge in [0.25, 0.3) is 10.0 Å². The van der Waals surface area contributed by atoms with E-state index in [4.69, 9.17) is 11.6 Å². The van der Waals surface area contributed by atoms with Gasteiger partial charge in [-0.15, -0.1) is 5.10 Å². The second kappa shape index (κ2) is 9.59. The molecule has 0 aliphatic carbocycles. The number of hydrogen-bond donors (Lipinski definition) is 1. The van der Waals surface area contributed by atoms with Crippen molar-refractivity contribution in [1.29, 1.82) is 0 Å². The van der Waals surface area contributed by atoms with Crippen molar-refractivity contribution in [1.82, 2.24) is 20.3 Å². The monoisotopic (exact) mass is 447 g/mol. The number of sulfonamides is 1. The number of hydrogen-bond acceptors (Lipinski definition) is 5. The molecule has 0 saturated heterocycles. The highest BCUT2D eigenvalue weighted by molar-refractivity contribution is 7.92. The summed E-state index contributed by atoms with van der Waals surface area (Å²) in [6.45, 7) is 4.84. The molecular formula is C21H26ClN5O2S. The van der Waals surface area contributed by atoms with Crippen molar-refractivity contribution >= 4 is 27.3 Å². The van der Waals surface area contributed by atoms with E-state index in [2.05, 4.69) is 15.6 Å². The largest absolute Gasteiger partial charge is 0.314 e. The van der Waals surface area contributed by atoms with E-state index in [1.807, 2.05) is 20.9 Å². The lowest BCUT2D eigenvalue weighted by Crippen LogP contribution is -2.33. The van der Waals surface area contributed by atoms with Gasteiger partial charge in [-0.25, -0.2) is 13.1 Å². The third-order valence-corrected chi connectivity index (χ3v) is 6.88. The van der Waals surface area contributed by atoms with Gasteiger partial charge in [-0.3, -0.25) is 4.31 Å². The molecular weight excluding hydrogens is 422 g/mol. The van der Waals surface area contributed by atoms with Crippen LogP contribution in [0.2, 0.25) is 5.02 Å². The molecule has 0 spiro atoms. The van der Waals surface area contributed by atoms with Gasteiger partial charge in [0.1, 0.15) is 0 Å². The van der Waals surface area contributed by atoms with Crippen molar-refractivity contribution in [3.05, 3.63) is 64.9 Å². The van der Waals surface area contributed by atoms with Crippen LogP contribution in [0.15, 0.2) is 53.4 Å². The predicted molar refractivity (Wildman–Crippen MR) is 120 cm³/mol. The zero-order valence-electron chi connectivity index (χ0n) is 17.3. The lowest BCUT2D eigenvalue weighted by Gasteiger charge is -2.27. The molecule has 30 heavy (non-hydrogen) atoms. The molecule has 0 aliphatic heterocycles. The highest BCUT2D eigenvalue weighted by Crippen LogP contribution is 2.33. The number of nitrogens with one attached hydrogen (secondary N) is 1. The van der Waals surface area contributed by atoms with Crippen molar-refractivity contribution in [2.24, 2.45) is 0 Å². The van der Waals surface area contributed by atoms with Crippen molar-refractivity contribution in [3.63, 3.8) is 0 Å². The minimum atomic E-state index is -3.77. The van der Waals surface area contributed by atoms with E-state index in [0.29, 0.717) is 29.5 Å². The third-order valence-electron chi connectivity index (χ3n) is 4.81. The fraction of sp³-hybridized carbons (Fsp3) is 0.333. The molecule has 1 aromatic heterocycles. The molecule has 2 aromatic carbocycles. The third kappa shape index (κ3) is 4.50. The first-order valence-corrected chi connectivity index (χ1v) is 11.7. The van der Waals surface area contributed by atoms with E-state index in [1.165, 1.54) is 4.31 Å². The molecule has 1 N–H and O–H groups in total. The number of unbranched alkanes of at least 4 members (excludes halogenated alkanes) is 1. The normalized spacial score (nSPS) is 11.6. The molecule has 0 fully saturated rings. The molecule has 0 unspecified atom stereocenters. The predicted octanol–water partition coefficient (Wildman–Crippen LogP) is 3.94. The quantitative estimate of drug-likeness (QED) is 0.537. The molecule has 7 nitrogen and oxygen atoms in total. The van der Waals surface area contributed by atoms with Gasteiger partial charge < -0.3 is 5.32 Å². The first kappa shape index (κ1) is 22.3. The summed E-state index contributed by atoms with van der Waals surface area (Å²) in [7, 11) is -1.93. The van der Waals surface area contributed by atoms with Gasteiger partial charge >= 0.3 is 0 Å². The summed E-state index contributed by atoms with van der Waals surface area (Å²) in [4.78, 5) is 0.244. The Kier molecular flexibility index (Phi) is 7.12. The SMILES string of the molecule is CCCCN(c1ccc(Cl)cc1-n1nnc(CNC)c1C)S(=O)(=O)c1ccccc1. The Bertz CT molecular complexity index is 1100. The summed E-state index contributed by atoms with van der Waals surface area (Å²) in [6, 6.07) is 13.6. The average molecular weight is 448 g/mol. The zero-order chi connectivity index (χ0) is 21.7. The van der Waals surface area contributed by atoms with E-state index in [9.17, 15) is 8.42 Å². The summed E-state index contributed by atoms with van der Waals surface area (Å²) in [5.74, 6) is 0. The first-order chi connectivity index (χ1) is 14.4. The first-order valence-electron chi connectivity index (χ1n) is 9.83. The molecule has 3 rings (SSSR count). The molecule has 160 valence electrons. The average Bonchev–Trinajstić information content (AvgIpc) is 3.10. The Hall–Kier alpha value is -2.42. The van der Waals surface area contributed by atoms with Crippen LogP contribution in [0, 0.1) is 6.92 Å². The summed E-state index contributed by atoms with van der Waals surface area (Å²) >= 11 is 6.29. The van der Waals surface area contributed by atoms with E-state index < -0.39 is 10.0 Å². The lowest BCUT2D eigenvalue weighted by atomic mass is 10.2. The van der Waals surface area contributed by atoms with Gasteiger partial charge in [0.05, 0.1) is 27.7 Å². The van der Waals surface area contributed by atoms with Crippen LogP contribution in [-0.4, -0.2) is 37.0 Å². The Morgan fingerprint density at radius 1 is 1.17 bits per heavy atom. The molecule has 9 heteroatoms. The summed E-state index contributed by atoms with van der Waals surface area (Å²) in [5.41, 5.74) is 2.70. The maximum Gasteiger partial charge on any atom is 0.264 e. The topological polar surface area (TPSA) is 80.1 Å². The van der Waals surface area contributed by atoms with Gasteiger partial charge in [0.2, 0.25) is 0 Å². The van der Waals surface area contributed by atoms with E-state index >= 15 is 0 Å². The van der Waals surface area contributed by atoms with E-state index in [0.717, 1.165) is 24.2 Å². The van der Waals surface area contributed by atoms with Gasteiger partial charge in [0, 0.05) is 18.1 Å². The molecule has 0 atom stereocenters. The van der Waals surface area contributed by atoms with Gasteiger partial charge in [0.15, 0.2) is 0 Å². The molecule has 1 heterocycles. The molecule has 0 aliphatic rings. The second-order valence-corrected chi connectivity index (χ2v) is 9.24. The number of benzene rings is 2. The van der Waals surface area contributed by atoms with Gasteiger partial charge in [-0.2, -0.15) is 0 Å². The van der Waals surface area contributed by atoms with E-state index in [-0.39, 0.29) is 4.90 Å². The Labute approximate surface area is 182 Å². The lowest BCUT2D eigenvalue weighted by molar-refractivity contribution is 0.588. The maximum atomic E-state index is 13.5. The highest BCUT2D eigenvalue weighted by Gasteiger charge is 2.28. The second-order valence-electron chi connectivity index (χ2n) is 6.94. The maximum absolute atomic E-state index is 13.5. The Balaban J connectivity index is 2.18. The van der Waals surface area contributed by atoms with Crippen molar-refractivity contribution < 1.29 is 8.42 Å². The number of rotatable bonds is 9. The standard InChI is InChI=1S/C21H26ClN5O2S/c1-4-5-13-26(30(28,29)18-9-7-6-8-10-18)20-12-11-17(22)14-21(20)27-16(2)19(15-23-3)24-25-27/h6-12,14,23H,4-5,13,15H2,1-3H3. The van der Waals surface area contributed by atoms with Crippen LogP contribution in [0.25, 0.3) is 5.69 Å². The summed E-state index contributed by atoms with van der Waals surface area (Å²) in [5, 5.41) is 12.1. The smallest absolute Gasteiger partial charge is 0.264 e. The van der Waals surface area contributed by atoms with Crippen LogP contribution in [0.3, 0.4) is 0 Å². The van der Waals surface area contributed by atoms with E-state index in [1.54, 1.807) is 53.2 Å². The fourth-order valence-corrected chi connectivity index (χ4v) is 4.89. The van der Waals surface area contributed by atoms with Crippen LogP contribution >= 0.6 is 11.6 Å². The van der Waals surface area contributed by atoms with Crippen LogP contribution < -0.4 is 9.62 Å². The minimum Gasteiger partial charge on any atom is -0.314 e. The molecule has 0 radical (unpaired) electrons. The van der Waals surface area contributed by atoms with Crippen LogP contribution in [0.4, 0.5) is 5.69 Å². The fourth-order valence-electron chi connectivity index (χ4n) is 3.19. The molecule has 0 saturated carbocycles. The number of aromatic nitrogens is 3. The summed E-state index contributed by atoms with van der Waals surface area (Å²) in [6.07, 6.45) is 1.58. The zero-order valence-corrected chi connectivity index (χ0v) is 18.9. The number of anilines is 1. The molecule has 0 bridgehead atoms. The van der Waals surface area contributed by atoms with Crippen LogP contribution in [-0.2, 0) is 16.6 Å². The number of nitrogens with zero attached hydrogens (tertiary/aromatic N) is 4. The molecule has 0 amide bonds. The van der Waals surface area contributed by atoms with Gasteiger partial charge in [-0.1, -0.05) is 48.4 Å². The minimum absolute atomic E-state index is 0.244. The molecule has 3 aromatic rings. The van der Waals surface area contributed by atoms with Crippen LogP contribution in [0.5, 0.6) is 0 Å². The van der Waals surface area contributed by atoms with Crippen molar-refractivity contribution in [2.75, 3.05) is 17.9 Å². The van der Waals surface area contributed by atoms with Crippen molar-refractivity contribution in [2.45, 2.75) is 38.1 Å². The summed E-state index contributed by atoms with van der Waals surface area (Å²) < 4.78 is 30.2. The van der Waals surface area contributed by atoms with Gasteiger partial charge in [-0.05, 0) is 50.7 Å². The number of halogens is 1. The van der Waals surface area contributed by atoms with Crippen LogP contribution in [0.1, 0.15) is 31.2 Å². The Morgan fingerprint density at radius 3 is 2.57 bits per heavy atom. The Morgan fingerprint density at radius 2 is 1.90 bits per heavy atom. The van der Waals surface area contributed by atoms with Crippen molar-refractivity contribution in [3.8, 4) is 5.69 Å².